The lowest BCUT2D eigenvalue weighted by molar-refractivity contribution is -0.153. The molecular formula is C20H30O2. The molecule has 7 atom stereocenters. The van der Waals surface area contributed by atoms with E-state index < -0.39 is 0 Å². The van der Waals surface area contributed by atoms with Crippen LogP contribution in [0.1, 0.15) is 72.1 Å². The molecule has 0 N–H and O–H groups in total. The lowest BCUT2D eigenvalue weighted by Gasteiger charge is -2.61. The largest absolute Gasteiger partial charge is 0.300 e. The number of Topliss-reactive ketones (excluding diaryl/α,β-unsaturated/α-hetero) is 2. The molecule has 0 aliphatic heterocycles. The Hall–Kier alpha value is -0.660. The van der Waals surface area contributed by atoms with Crippen LogP contribution in [0, 0.1) is 40.4 Å². The van der Waals surface area contributed by atoms with Crippen LogP contribution in [-0.4, -0.2) is 11.6 Å². The van der Waals surface area contributed by atoms with Gasteiger partial charge in [0.2, 0.25) is 0 Å². The molecule has 4 fully saturated rings. The summed E-state index contributed by atoms with van der Waals surface area (Å²) in [6.07, 6.45) is 8.35. The highest BCUT2D eigenvalue weighted by atomic mass is 16.1. The molecular weight excluding hydrogens is 272 g/mol. The molecule has 0 amide bonds. The smallest absolute Gasteiger partial charge is 0.139 e. The second-order valence-corrected chi connectivity index (χ2v) is 9.28. The Bertz CT molecular complexity index is 524. The second kappa shape index (κ2) is 4.68. The average Bonchev–Trinajstić information content (AvgIpc) is 2.77. The molecule has 0 aromatic carbocycles. The van der Waals surface area contributed by atoms with Gasteiger partial charge >= 0.3 is 0 Å². The van der Waals surface area contributed by atoms with E-state index in [2.05, 4.69) is 20.8 Å². The molecule has 0 spiro atoms. The molecule has 4 saturated carbocycles. The van der Waals surface area contributed by atoms with Gasteiger partial charge in [-0.1, -0.05) is 20.8 Å². The van der Waals surface area contributed by atoms with E-state index in [0.717, 1.165) is 43.9 Å². The summed E-state index contributed by atoms with van der Waals surface area (Å²) in [4.78, 5) is 24.5. The van der Waals surface area contributed by atoms with Crippen molar-refractivity contribution in [1.29, 1.82) is 0 Å². The summed E-state index contributed by atoms with van der Waals surface area (Å²) in [6.45, 7) is 7.07. The third-order valence-electron chi connectivity index (χ3n) is 8.74. The highest BCUT2D eigenvalue weighted by Gasteiger charge is 2.61. The van der Waals surface area contributed by atoms with Crippen molar-refractivity contribution >= 4 is 11.6 Å². The zero-order valence-corrected chi connectivity index (χ0v) is 14.4. The van der Waals surface area contributed by atoms with E-state index in [4.69, 9.17) is 0 Å². The minimum absolute atomic E-state index is 0.0158. The number of ketones is 2. The summed E-state index contributed by atoms with van der Waals surface area (Å²) in [5, 5.41) is 0. The van der Waals surface area contributed by atoms with E-state index in [9.17, 15) is 9.59 Å². The van der Waals surface area contributed by atoms with Crippen molar-refractivity contribution in [1.82, 2.24) is 0 Å². The van der Waals surface area contributed by atoms with Crippen LogP contribution in [0.4, 0.5) is 0 Å². The molecule has 4 aliphatic carbocycles. The summed E-state index contributed by atoms with van der Waals surface area (Å²) in [5.41, 5.74) is 0.321. The highest BCUT2D eigenvalue weighted by Crippen LogP contribution is 2.66. The molecule has 122 valence electrons. The van der Waals surface area contributed by atoms with Gasteiger partial charge in [-0.15, -0.1) is 0 Å². The van der Waals surface area contributed by atoms with Crippen LogP contribution >= 0.6 is 0 Å². The van der Waals surface area contributed by atoms with Crippen LogP contribution in [0.15, 0.2) is 0 Å². The maximum atomic E-state index is 12.4. The number of carbonyl (C=O) groups is 2. The van der Waals surface area contributed by atoms with Gasteiger partial charge < -0.3 is 0 Å². The van der Waals surface area contributed by atoms with Gasteiger partial charge in [-0.2, -0.15) is 0 Å². The second-order valence-electron chi connectivity index (χ2n) is 9.28. The van der Waals surface area contributed by atoms with Crippen LogP contribution in [0.5, 0.6) is 0 Å². The quantitative estimate of drug-likeness (QED) is 0.664. The monoisotopic (exact) mass is 302 g/mol. The first-order chi connectivity index (χ1) is 10.4. The van der Waals surface area contributed by atoms with Crippen molar-refractivity contribution in [3.63, 3.8) is 0 Å². The van der Waals surface area contributed by atoms with Crippen molar-refractivity contribution in [2.45, 2.75) is 72.1 Å². The maximum absolute atomic E-state index is 12.4. The molecule has 0 radical (unpaired) electrons. The predicted octanol–water partition coefficient (Wildman–Crippen LogP) is 4.41. The van der Waals surface area contributed by atoms with Crippen LogP contribution < -0.4 is 0 Å². The normalized spacial score (nSPS) is 54.6. The van der Waals surface area contributed by atoms with Crippen LogP contribution in [0.25, 0.3) is 0 Å². The SMILES string of the molecule is CC1CC(=O)CC2CC[C@@H]3[C@@H](CC[C@]4(C)C(=O)CC[C@@H]34)[C@@]12C. The van der Waals surface area contributed by atoms with Crippen molar-refractivity contribution in [2.24, 2.45) is 40.4 Å². The van der Waals surface area contributed by atoms with E-state index in [1.54, 1.807) is 0 Å². The topological polar surface area (TPSA) is 34.1 Å². The minimum atomic E-state index is -0.0158. The molecule has 22 heavy (non-hydrogen) atoms. The maximum Gasteiger partial charge on any atom is 0.139 e. The lowest BCUT2D eigenvalue weighted by atomic mass is 9.43. The van der Waals surface area contributed by atoms with Crippen LogP contribution in [-0.2, 0) is 9.59 Å². The molecule has 2 unspecified atom stereocenters. The Balaban J connectivity index is 1.69. The molecule has 0 aromatic rings. The summed E-state index contributed by atoms with van der Waals surface area (Å²) in [6, 6.07) is 0. The first-order valence-corrected chi connectivity index (χ1v) is 9.42. The van der Waals surface area contributed by atoms with Gasteiger partial charge in [-0.3, -0.25) is 9.59 Å². The van der Waals surface area contributed by atoms with Gasteiger partial charge in [0, 0.05) is 24.7 Å². The van der Waals surface area contributed by atoms with Crippen molar-refractivity contribution < 1.29 is 9.59 Å². The minimum Gasteiger partial charge on any atom is -0.300 e. The van der Waals surface area contributed by atoms with E-state index in [-0.39, 0.29) is 5.41 Å². The number of fused-ring (bicyclic) bond motifs is 5. The summed E-state index contributed by atoms with van der Waals surface area (Å²) >= 11 is 0. The summed E-state index contributed by atoms with van der Waals surface area (Å²) < 4.78 is 0. The number of carbonyl (C=O) groups excluding carboxylic acids is 2. The van der Waals surface area contributed by atoms with Gasteiger partial charge in [0.15, 0.2) is 0 Å². The number of rotatable bonds is 0. The first kappa shape index (κ1) is 14.9. The van der Waals surface area contributed by atoms with Crippen molar-refractivity contribution in [3.8, 4) is 0 Å². The molecule has 4 aliphatic rings. The lowest BCUT2D eigenvalue weighted by Crippen LogP contribution is -2.56. The first-order valence-electron chi connectivity index (χ1n) is 9.42. The molecule has 2 nitrogen and oxygen atoms in total. The van der Waals surface area contributed by atoms with E-state index in [1.807, 2.05) is 0 Å². The van der Waals surface area contributed by atoms with Crippen molar-refractivity contribution in [2.75, 3.05) is 0 Å². The summed E-state index contributed by atoms with van der Waals surface area (Å²) in [7, 11) is 0. The van der Waals surface area contributed by atoms with Crippen LogP contribution in [0.3, 0.4) is 0 Å². The Morgan fingerprint density at radius 2 is 1.73 bits per heavy atom. The van der Waals surface area contributed by atoms with Gasteiger partial charge in [-0.05, 0) is 67.1 Å². The predicted molar refractivity (Wildman–Crippen MR) is 86.3 cm³/mol. The summed E-state index contributed by atoms with van der Waals surface area (Å²) in [5.74, 6) is 4.27. The molecule has 0 aromatic heterocycles. The fraction of sp³-hybridized carbons (Fsp3) is 0.900. The van der Waals surface area contributed by atoms with Crippen molar-refractivity contribution in [3.05, 3.63) is 0 Å². The number of hydrogen-bond donors (Lipinski definition) is 0. The van der Waals surface area contributed by atoms with Gasteiger partial charge in [0.05, 0.1) is 0 Å². The van der Waals surface area contributed by atoms with Gasteiger partial charge in [0.1, 0.15) is 11.6 Å². The Kier molecular flexibility index (Phi) is 3.17. The fourth-order valence-corrected chi connectivity index (χ4v) is 7.25. The van der Waals surface area contributed by atoms with E-state index in [0.29, 0.717) is 34.7 Å². The third kappa shape index (κ3) is 1.73. The highest BCUT2D eigenvalue weighted by molar-refractivity contribution is 5.87. The molecule has 4 rings (SSSR count). The van der Waals surface area contributed by atoms with E-state index >= 15 is 0 Å². The zero-order chi connectivity index (χ0) is 15.7. The Labute approximate surface area is 134 Å². The average molecular weight is 302 g/mol. The zero-order valence-electron chi connectivity index (χ0n) is 14.4. The number of hydrogen-bond acceptors (Lipinski definition) is 2. The molecule has 0 bridgehead atoms. The van der Waals surface area contributed by atoms with E-state index in [1.165, 1.54) is 19.3 Å². The molecule has 0 heterocycles. The van der Waals surface area contributed by atoms with Gasteiger partial charge in [-0.25, -0.2) is 0 Å². The van der Waals surface area contributed by atoms with Crippen LogP contribution in [0.2, 0.25) is 0 Å². The third-order valence-corrected chi connectivity index (χ3v) is 8.74. The van der Waals surface area contributed by atoms with Gasteiger partial charge in [0.25, 0.3) is 0 Å². The molecule has 2 heteroatoms. The fourth-order valence-electron chi connectivity index (χ4n) is 7.25. The Morgan fingerprint density at radius 1 is 0.955 bits per heavy atom. The molecule has 0 saturated heterocycles. The standard InChI is InChI=1S/C20H30O2/c1-12-10-14(21)11-13-4-5-15-16-6-7-18(22)19(16,2)9-8-17(15)20(12,13)3/h12-13,15-17H,4-11H2,1-3H3/t12?,13?,15-,16-,17+,19-,20-/m0/s1. The Morgan fingerprint density at radius 3 is 2.50 bits per heavy atom.